The highest BCUT2D eigenvalue weighted by atomic mass is 16.5. The van der Waals surface area contributed by atoms with Crippen molar-refractivity contribution in [2.45, 2.75) is 32.2 Å². The van der Waals surface area contributed by atoms with E-state index >= 15 is 0 Å². The fraction of sp³-hybridized carbons (Fsp3) is 0.571. The quantitative estimate of drug-likeness (QED) is 0.856. The predicted molar refractivity (Wildman–Crippen MR) is 76.8 cm³/mol. The number of nitrogens with zero attached hydrogens (tertiary/aromatic N) is 5. The molecule has 0 aromatic carbocycles. The van der Waals surface area contributed by atoms with E-state index in [2.05, 4.69) is 22.0 Å². The van der Waals surface area contributed by atoms with E-state index in [9.17, 15) is 5.11 Å². The minimum absolute atomic E-state index is 0.213. The molecule has 1 aliphatic rings. The Labute approximate surface area is 123 Å². The molecule has 2 atom stereocenters. The SMILES string of the molecule is CCn1cc(CN2C[C@@H](O)[C@H](Oc3cnn(C)c3)C2)cn1. The summed E-state index contributed by atoms with van der Waals surface area (Å²) in [5.74, 6) is 0.696. The summed E-state index contributed by atoms with van der Waals surface area (Å²) in [7, 11) is 1.84. The Hall–Kier alpha value is -1.86. The average molecular weight is 291 g/mol. The third-order valence-corrected chi connectivity index (χ3v) is 3.70. The van der Waals surface area contributed by atoms with Gasteiger partial charge in [-0.3, -0.25) is 14.3 Å². The van der Waals surface area contributed by atoms with Crippen molar-refractivity contribution in [3.8, 4) is 5.75 Å². The first-order chi connectivity index (χ1) is 10.1. The number of likely N-dealkylation sites (tertiary alicyclic amines) is 1. The molecule has 7 nitrogen and oxygen atoms in total. The van der Waals surface area contributed by atoms with E-state index in [1.165, 1.54) is 0 Å². The molecule has 0 saturated carbocycles. The van der Waals surface area contributed by atoms with Crippen molar-refractivity contribution in [1.82, 2.24) is 24.5 Å². The lowest BCUT2D eigenvalue weighted by atomic mass is 10.3. The second-order valence-electron chi connectivity index (χ2n) is 5.47. The number of hydrogen-bond acceptors (Lipinski definition) is 5. The van der Waals surface area contributed by atoms with Crippen molar-refractivity contribution in [2.24, 2.45) is 7.05 Å². The van der Waals surface area contributed by atoms with Gasteiger partial charge < -0.3 is 9.84 Å². The lowest BCUT2D eigenvalue weighted by molar-refractivity contribution is 0.0736. The molecule has 2 aromatic rings. The number of aliphatic hydroxyl groups is 1. The average Bonchev–Trinajstić information content (AvgIpc) is 3.14. The third-order valence-electron chi connectivity index (χ3n) is 3.70. The summed E-state index contributed by atoms with van der Waals surface area (Å²) >= 11 is 0. The van der Waals surface area contributed by atoms with Crippen molar-refractivity contribution >= 4 is 0 Å². The van der Waals surface area contributed by atoms with Crippen molar-refractivity contribution in [3.63, 3.8) is 0 Å². The molecule has 2 aromatic heterocycles. The topological polar surface area (TPSA) is 68.3 Å². The standard InChI is InChI=1S/C14H21N5O2/c1-3-19-7-11(4-16-19)6-18-9-13(20)14(10-18)21-12-5-15-17(2)8-12/h4-5,7-8,13-14,20H,3,6,9-10H2,1-2H3/t13-,14-/m1/s1. The van der Waals surface area contributed by atoms with Gasteiger partial charge in [0.2, 0.25) is 0 Å². The van der Waals surface area contributed by atoms with Crippen molar-refractivity contribution in [3.05, 3.63) is 30.4 Å². The van der Waals surface area contributed by atoms with Crippen LogP contribution < -0.4 is 4.74 Å². The van der Waals surface area contributed by atoms with Crippen LogP contribution in [0.2, 0.25) is 0 Å². The minimum Gasteiger partial charge on any atom is -0.483 e. The first-order valence-electron chi connectivity index (χ1n) is 7.21. The second-order valence-corrected chi connectivity index (χ2v) is 5.47. The molecular formula is C14H21N5O2. The summed E-state index contributed by atoms with van der Waals surface area (Å²) in [6, 6.07) is 0. The highest BCUT2D eigenvalue weighted by Gasteiger charge is 2.33. The first-order valence-corrected chi connectivity index (χ1v) is 7.21. The van der Waals surface area contributed by atoms with Crippen LogP contribution >= 0.6 is 0 Å². The van der Waals surface area contributed by atoms with Gasteiger partial charge in [0, 0.05) is 45.0 Å². The number of hydrogen-bond donors (Lipinski definition) is 1. The fourth-order valence-corrected chi connectivity index (χ4v) is 2.63. The molecule has 0 aliphatic carbocycles. The van der Waals surface area contributed by atoms with E-state index < -0.39 is 6.10 Å². The molecule has 0 bridgehead atoms. The lowest BCUT2D eigenvalue weighted by Gasteiger charge is -2.15. The molecule has 21 heavy (non-hydrogen) atoms. The summed E-state index contributed by atoms with van der Waals surface area (Å²) in [5.41, 5.74) is 1.16. The molecule has 0 unspecified atom stereocenters. The maximum absolute atomic E-state index is 10.1. The number of rotatable bonds is 5. The number of aromatic nitrogens is 4. The number of aryl methyl sites for hydroxylation is 2. The number of β-amino-alcohol motifs (C(OH)–C–C–N with tert-alkyl or cyclic N) is 1. The summed E-state index contributed by atoms with van der Waals surface area (Å²) < 4.78 is 9.40. The minimum atomic E-state index is -0.480. The van der Waals surface area contributed by atoms with E-state index in [1.54, 1.807) is 17.1 Å². The highest BCUT2D eigenvalue weighted by molar-refractivity contribution is 5.13. The van der Waals surface area contributed by atoms with Gasteiger partial charge in [-0.05, 0) is 6.92 Å². The molecule has 3 heterocycles. The Morgan fingerprint density at radius 2 is 2.14 bits per heavy atom. The zero-order valence-electron chi connectivity index (χ0n) is 12.4. The smallest absolute Gasteiger partial charge is 0.157 e. The van der Waals surface area contributed by atoms with Gasteiger partial charge in [0.05, 0.1) is 18.6 Å². The molecule has 1 N–H and O–H groups in total. The van der Waals surface area contributed by atoms with E-state index in [0.29, 0.717) is 18.8 Å². The molecule has 1 saturated heterocycles. The van der Waals surface area contributed by atoms with E-state index in [-0.39, 0.29) is 6.10 Å². The van der Waals surface area contributed by atoms with Crippen LogP contribution in [0.1, 0.15) is 12.5 Å². The van der Waals surface area contributed by atoms with Gasteiger partial charge in [-0.2, -0.15) is 10.2 Å². The van der Waals surface area contributed by atoms with E-state index in [4.69, 9.17) is 4.74 Å². The molecule has 0 amide bonds. The number of aliphatic hydroxyl groups excluding tert-OH is 1. The maximum atomic E-state index is 10.1. The molecular weight excluding hydrogens is 270 g/mol. The Balaban J connectivity index is 1.57. The lowest BCUT2D eigenvalue weighted by Crippen LogP contribution is -2.29. The normalized spacial score (nSPS) is 22.8. The highest BCUT2D eigenvalue weighted by Crippen LogP contribution is 2.19. The van der Waals surface area contributed by atoms with Crippen LogP contribution in [-0.2, 0) is 20.1 Å². The summed E-state index contributed by atoms with van der Waals surface area (Å²) in [5, 5.41) is 18.5. The zero-order chi connectivity index (χ0) is 14.8. The van der Waals surface area contributed by atoms with Gasteiger partial charge in [0.1, 0.15) is 12.2 Å². The Morgan fingerprint density at radius 3 is 2.81 bits per heavy atom. The third kappa shape index (κ3) is 3.25. The van der Waals surface area contributed by atoms with Gasteiger partial charge in [0.15, 0.2) is 5.75 Å². The molecule has 114 valence electrons. The monoisotopic (exact) mass is 291 g/mol. The second kappa shape index (κ2) is 5.87. The summed E-state index contributed by atoms with van der Waals surface area (Å²) in [4.78, 5) is 2.18. The van der Waals surface area contributed by atoms with Crippen LogP contribution in [0, 0.1) is 0 Å². The van der Waals surface area contributed by atoms with Crippen molar-refractivity contribution in [2.75, 3.05) is 13.1 Å². The molecule has 0 radical (unpaired) electrons. The van der Waals surface area contributed by atoms with Crippen LogP contribution in [0.25, 0.3) is 0 Å². The van der Waals surface area contributed by atoms with E-state index in [1.807, 2.05) is 24.1 Å². The summed E-state index contributed by atoms with van der Waals surface area (Å²) in [6.07, 6.45) is 6.70. The fourth-order valence-electron chi connectivity index (χ4n) is 2.63. The van der Waals surface area contributed by atoms with Gasteiger partial charge in [-0.25, -0.2) is 0 Å². The van der Waals surface area contributed by atoms with E-state index in [0.717, 1.165) is 18.7 Å². The summed E-state index contributed by atoms with van der Waals surface area (Å²) in [6.45, 7) is 5.03. The Kier molecular flexibility index (Phi) is 3.94. The largest absolute Gasteiger partial charge is 0.483 e. The molecule has 1 aliphatic heterocycles. The molecule has 0 spiro atoms. The van der Waals surface area contributed by atoms with Gasteiger partial charge in [-0.1, -0.05) is 0 Å². The van der Waals surface area contributed by atoms with Crippen LogP contribution in [0.15, 0.2) is 24.8 Å². The van der Waals surface area contributed by atoms with Gasteiger partial charge in [-0.15, -0.1) is 0 Å². The van der Waals surface area contributed by atoms with Crippen molar-refractivity contribution < 1.29 is 9.84 Å². The molecule has 1 fully saturated rings. The number of ether oxygens (including phenoxy) is 1. The van der Waals surface area contributed by atoms with Gasteiger partial charge >= 0.3 is 0 Å². The Morgan fingerprint density at radius 1 is 1.29 bits per heavy atom. The maximum Gasteiger partial charge on any atom is 0.157 e. The van der Waals surface area contributed by atoms with Crippen molar-refractivity contribution in [1.29, 1.82) is 0 Å². The first kappa shape index (κ1) is 14.1. The van der Waals surface area contributed by atoms with Crippen LogP contribution in [0.5, 0.6) is 5.75 Å². The predicted octanol–water partition coefficient (Wildman–Crippen LogP) is 0.261. The zero-order valence-corrected chi connectivity index (χ0v) is 12.4. The van der Waals surface area contributed by atoms with Crippen LogP contribution in [0.3, 0.4) is 0 Å². The van der Waals surface area contributed by atoms with Gasteiger partial charge in [0.25, 0.3) is 0 Å². The molecule has 3 rings (SSSR count). The van der Waals surface area contributed by atoms with Crippen LogP contribution in [0.4, 0.5) is 0 Å². The Bertz CT molecular complexity index is 594. The molecule has 7 heteroatoms. The van der Waals surface area contributed by atoms with Crippen LogP contribution in [-0.4, -0.2) is 54.9 Å².